The van der Waals surface area contributed by atoms with Crippen molar-refractivity contribution in [3.8, 4) is 11.8 Å². The van der Waals surface area contributed by atoms with Gasteiger partial charge in [-0.1, -0.05) is 6.07 Å². The summed E-state index contributed by atoms with van der Waals surface area (Å²) in [4.78, 5) is 27.4. The van der Waals surface area contributed by atoms with Crippen LogP contribution in [0.3, 0.4) is 0 Å². The molecule has 0 saturated heterocycles. The number of fused-ring (bicyclic) bond motifs is 1. The molecule has 2 aromatic rings. The molecule has 0 fully saturated rings. The molecule has 1 aliphatic rings. The van der Waals surface area contributed by atoms with E-state index in [2.05, 4.69) is 10.8 Å². The molecule has 1 unspecified atom stereocenters. The highest BCUT2D eigenvalue weighted by atomic mass is 32.2. The van der Waals surface area contributed by atoms with Crippen molar-refractivity contribution in [2.24, 2.45) is 0 Å². The topological polar surface area (TPSA) is 101 Å². The first-order valence-corrected chi connectivity index (χ1v) is 10.3. The minimum Gasteiger partial charge on any atom is -0.497 e. The second-order valence-corrected chi connectivity index (χ2v) is 7.93. The lowest BCUT2D eigenvalue weighted by atomic mass is 10.0. The second kappa shape index (κ2) is 9.41. The Hall–Kier alpha value is -3.09. The number of hydrogen-bond donors (Lipinski definition) is 1. The maximum Gasteiger partial charge on any atom is 0.410 e. The Morgan fingerprint density at radius 1 is 1.31 bits per heavy atom. The van der Waals surface area contributed by atoms with Crippen LogP contribution in [0.4, 0.5) is 4.79 Å². The third-order valence-corrected chi connectivity index (χ3v) is 6.34. The molecule has 0 saturated carbocycles. The summed E-state index contributed by atoms with van der Waals surface area (Å²) >= 11 is 0. The minimum absolute atomic E-state index is 0.178. The van der Waals surface area contributed by atoms with Crippen molar-refractivity contribution >= 4 is 22.7 Å². The van der Waals surface area contributed by atoms with Gasteiger partial charge in [-0.2, -0.15) is 5.26 Å². The number of methoxy groups -OCH3 is 2. The van der Waals surface area contributed by atoms with E-state index in [1.165, 1.54) is 14.2 Å². The van der Waals surface area contributed by atoms with E-state index in [9.17, 15) is 14.9 Å². The molecule has 0 aliphatic carbocycles. The Balaban J connectivity index is 1.79. The lowest BCUT2D eigenvalue weighted by molar-refractivity contribution is 0.0691. The molecule has 1 aromatic heterocycles. The zero-order valence-corrected chi connectivity index (χ0v) is 17.1. The molecular weight excluding hydrogens is 394 g/mol. The molecule has 0 spiro atoms. The maximum atomic E-state index is 12.7. The smallest absolute Gasteiger partial charge is 0.410 e. The summed E-state index contributed by atoms with van der Waals surface area (Å²) in [6.45, 7) is 1.28. The Bertz CT molecular complexity index is 950. The van der Waals surface area contributed by atoms with Crippen molar-refractivity contribution in [3.05, 3.63) is 51.2 Å². The third kappa shape index (κ3) is 4.67. The van der Waals surface area contributed by atoms with Crippen LogP contribution in [0, 0.1) is 11.3 Å². The quantitative estimate of drug-likeness (QED) is 0.574. The van der Waals surface area contributed by atoms with Gasteiger partial charge in [0, 0.05) is 24.8 Å². The number of carbonyl (C=O) groups is 2. The average Bonchev–Trinajstić information content (AvgIpc) is 3.10. The summed E-state index contributed by atoms with van der Waals surface area (Å²) in [5, 5.41) is 11.2. The lowest BCUT2D eigenvalue weighted by Gasteiger charge is -2.24. The van der Waals surface area contributed by atoms with Gasteiger partial charge in [-0.25, -0.2) is 4.79 Å². The number of nitrogens with one attached hydrogen (secondary N) is 1. The van der Waals surface area contributed by atoms with Crippen molar-refractivity contribution in [3.63, 3.8) is 0 Å². The van der Waals surface area contributed by atoms with Crippen molar-refractivity contribution < 1.29 is 23.8 Å². The molecular formula is C20H22N3O5S+. The molecule has 0 bridgehead atoms. The lowest BCUT2D eigenvalue weighted by Crippen LogP contribution is -2.36. The van der Waals surface area contributed by atoms with E-state index in [-0.39, 0.29) is 12.5 Å². The Labute approximate surface area is 171 Å². The maximum absolute atomic E-state index is 12.7. The highest BCUT2D eigenvalue weighted by molar-refractivity contribution is 7.33. The van der Waals surface area contributed by atoms with Crippen LogP contribution < -0.4 is 9.46 Å². The Kier molecular flexibility index (Phi) is 6.69. The summed E-state index contributed by atoms with van der Waals surface area (Å²) in [6.07, 6.45) is 0.119. The zero-order chi connectivity index (χ0) is 20.8. The number of benzene rings is 1. The summed E-state index contributed by atoms with van der Waals surface area (Å²) in [6, 6.07) is 9.05. The van der Waals surface area contributed by atoms with E-state index in [0.717, 1.165) is 10.4 Å². The average molecular weight is 416 g/mol. The number of nitriles is 1. The number of amides is 2. The number of rotatable bonds is 6. The van der Waals surface area contributed by atoms with E-state index < -0.39 is 16.7 Å². The van der Waals surface area contributed by atoms with Crippen LogP contribution in [0.2, 0.25) is 0 Å². The van der Waals surface area contributed by atoms with Gasteiger partial charge in [0.1, 0.15) is 41.2 Å². The summed E-state index contributed by atoms with van der Waals surface area (Å²) in [5.74, 6) is 0.317. The first-order chi connectivity index (χ1) is 14.1. The highest BCUT2D eigenvalue weighted by Gasteiger charge is 2.34. The van der Waals surface area contributed by atoms with E-state index in [1.807, 2.05) is 0 Å². The van der Waals surface area contributed by atoms with Crippen molar-refractivity contribution in [2.45, 2.75) is 13.0 Å². The molecule has 3 rings (SSSR count). The van der Waals surface area contributed by atoms with Gasteiger partial charge in [0.05, 0.1) is 13.7 Å². The van der Waals surface area contributed by atoms with Crippen LogP contribution in [0.25, 0.3) is 0 Å². The van der Waals surface area contributed by atoms with Crippen LogP contribution in [-0.4, -0.2) is 50.9 Å². The van der Waals surface area contributed by atoms with Crippen LogP contribution >= 0.6 is 10.7 Å². The summed E-state index contributed by atoms with van der Waals surface area (Å²) in [7, 11) is 2.30. The summed E-state index contributed by atoms with van der Waals surface area (Å²) < 4.78 is 18.2. The van der Waals surface area contributed by atoms with Gasteiger partial charge in [0.15, 0.2) is 5.38 Å². The molecule has 2 amide bonds. The number of thiophene rings is 1. The van der Waals surface area contributed by atoms with E-state index >= 15 is 0 Å². The fraction of sp³-hybridized carbons (Fsp3) is 0.350. The molecule has 152 valence electrons. The largest absolute Gasteiger partial charge is 0.497 e. The molecule has 1 atom stereocenters. The van der Waals surface area contributed by atoms with Gasteiger partial charge >= 0.3 is 6.09 Å². The Morgan fingerprint density at radius 2 is 2.14 bits per heavy atom. The molecule has 8 nitrogen and oxygen atoms in total. The first kappa shape index (κ1) is 20.6. The van der Waals surface area contributed by atoms with Gasteiger partial charge in [-0.15, -0.1) is 4.72 Å². The SMILES string of the molecule is COCCOC(=O)N1CCc2c(C#N)c[s+](NC(=O)c3cccc(OC)c3)c2C1. The van der Waals surface area contributed by atoms with Gasteiger partial charge < -0.3 is 14.2 Å². The van der Waals surface area contributed by atoms with Gasteiger partial charge in [0.25, 0.3) is 5.91 Å². The highest BCUT2D eigenvalue weighted by Crippen LogP contribution is 2.35. The normalized spacial score (nSPS) is 13.3. The van der Waals surface area contributed by atoms with Gasteiger partial charge in [0.2, 0.25) is 4.88 Å². The van der Waals surface area contributed by atoms with Gasteiger partial charge in [-0.3, -0.25) is 9.69 Å². The number of nitrogens with zero attached hydrogens (tertiary/aromatic N) is 2. The Morgan fingerprint density at radius 3 is 2.86 bits per heavy atom. The van der Waals surface area contributed by atoms with E-state index in [0.29, 0.717) is 43.0 Å². The van der Waals surface area contributed by atoms with Crippen LogP contribution in [0.15, 0.2) is 29.6 Å². The van der Waals surface area contributed by atoms with Crippen molar-refractivity contribution in [1.82, 2.24) is 4.90 Å². The fourth-order valence-corrected chi connectivity index (χ4v) is 4.89. The molecule has 9 heteroatoms. The molecule has 2 heterocycles. The van der Waals surface area contributed by atoms with Crippen molar-refractivity contribution in [1.29, 1.82) is 5.26 Å². The number of carbonyl (C=O) groups excluding carboxylic acids is 2. The predicted molar refractivity (Wildman–Crippen MR) is 108 cm³/mol. The minimum atomic E-state index is -0.777. The van der Waals surface area contributed by atoms with E-state index in [4.69, 9.17) is 14.2 Å². The molecule has 1 N–H and O–H groups in total. The van der Waals surface area contributed by atoms with Crippen LogP contribution in [-0.2, 0) is 22.4 Å². The van der Waals surface area contributed by atoms with Crippen LogP contribution in [0.1, 0.15) is 26.4 Å². The third-order valence-electron chi connectivity index (χ3n) is 4.56. The van der Waals surface area contributed by atoms with Crippen LogP contribution in [0.5, 0.6) is 5.75 Å². The molecule has 0 radical (unpaired) electrons. The molecule has 1 aliphatic heterocycles. The van der Waals surface area contributed by atoms with E-state index in [1.54, 1.807) is 34.5 Å². The monoisotopic (exact) mass is 416 g/mol. The second-order valence-electron chi connectivity index (χ2n) is 6.32. The predicted octanol–water partition coefficient (Wildman–Crippen LogP) is 2.84. The van der Waals surface area contributed by atoms with Crippen molar-refractivity contribution in [2.75, 3.05) is 38.7 Å². The van der Waals surface area contributed by atoms with Gasteiger partial charge in [-0.05, 0) is 24.6 Å². The molecule has 29 heavy (non-hydrogen) atoms. The fourth-order valence-electron chi connectivity index (χ4n) is 3.05. The summed E-state index contributed by atoms with van der Waals surface area (Å²) in [5.41, 5.74) is 1.92. The number of ether oxygens (including phenoxy) is 3. The standard InChI is InChI=1S/C20H21N3O5S/c1-26-8-9-28-20(25)23-7-6-17-15(11-21)13-29(18(17)12-23)22-19(24)14-4-3-5-16(10-14)27-2/h3-5,10,13H,6-9,12H2,1-2H3/p+1. The number of hydrogen-bond acceptors (Lipinski definition) is 6. The zero-order valence-electron chi connectivity index (χ0n) is 16.3. The molecule has 1 aromatic carbocycles. The first-order valence-electron chi connectivity index (χ1n) is 9.00.